The van der Waals surface area contributed by atoms with E-state index in [-0.39, 0.29) is 47.8 Å². The first-order valence-electron chi connectivity index (χ1n) is 18.2. The Morgan fingerprint density at radius 2 is 1.39 bits per heavy atom. The summed E-state index contributed by atoms with van der Waals surface area (Å²) in [5.74, 6) is -1.41. The molecule has 10 nitrogen and oxygen atoms in total. The average Bonchev–Trinajstić information content (AvgIpc) is 3.01. The first-order valence-corrected chi connectivity index (χ1v) is 18.2. The van der Waals surface area contributed by atoms with E-state index >= 15 is 0 Å². The monoisotopic (exact) mass is 686 g/mol. The van der Waals surface area contributed by atoms with Gasteiger partial charge in [-0.25, -0.2) is 0 Å². The molecule has 49 heavy (non-hydrogen) atoms. The summed E-state index contributed by atoms with van der Waals surface area (Å²) in [5.41, 5.74) is -1.22. The second-order valence-electron chi connectivity index (χ2n) is 17.0. The molecule has 4 saturated carbocycles. The Balaban J connectivity index is 1.68. The molecule has 0 N–H and O–H groups in total. The summed E-state index contributed by atoms with van der Waals surface area (Å²) in [6.45, 7) is 16.6. The molecule has 5 aliphatic rings. The summed E-state index contributed by atoms with van der Waals surface area (Å²) < 4.78 is 29.1. The molecule has 0 unspecified atom stereocenters. The molecule has 274 valence electrons. The first kappa shape index (κ1) is 37.3. The summed E-state index contributed by atoms with van der Waals surface area (Å²) in [5, 5.41) is 0. The molecule has 0 heterocycles. The molecule has 5 rings (SSSR count). The van der Waals surface area contributed by atoms with E-state index in [0.29, 0.717) is 24.7 Å². The molecular weight excluding hydrogens is 628 g/mol. The normalized spacial score (nSPS) is 42.0. The fourth-order valence-electron chi connectivity index (χ4n) is 12.3. The number of hydrogen-bond acceptors (Lipinski definition) is 10. The highest BCUT2D eigenvalue weighted by atomic mass is 16.6. The standard InChI is InChI=1S/C39H58O10/c1-22-13-16-38(34(44)45-10)18-17-36(8)28(32(38)23(22)2)11-12-30-35(7)19-29(48-26(5)42)33(49-27(6)43)39(20-46-24(3)40,21-47-25(4)41)31(35)14-15-37(30,36)9/h11,22-23,29-33H,12-21H2,1-10H3/t22-,23+,29-,30-,31-,32+,33+,35-,36-,37-,38+/m1/s1. The number of allylic oxidation sites excluding steroid dienone is 2. The Labute approximate surface area is 291 Å². The van der Waals surface area contributed by atoms with Crippen LogP contribution in [0.25, 0.3) is 0 Å². The van der Waals surface area contributed by atoms with E-state index in [1.54, 1.807) is 0 Å². The Morgan fingerprint density at radius 3 is 1.94 bits per heavy atom. The zero-order chi connectivity index (χ0) is 36.3. The first-order chi connectivity index (χ1) is 22.8. The summed E-state index contributed by atoms with van der Waals surface area (Å²) in [6, 6.07) is 0. The van der Waals surface area contributed by atoms with E-state index in [4.69, 9.17) is 23.7 Å². The third kappa shape index (κ3) is 5.71. The molecule has 4 fully saturated rings. The molecule has 0 aromatic heterocycles. The minimum Gasteiger partial charge on any atom is -0.469 e. The Hall–Kier alpha value is -2.91. The summed E-state index contributed by atoms with van der Waals surface area (Å²) in [4.78, 5) is 63.7. The van der Waals surface area contributed by atoms with Gasteiger partial charge in [-0.2, -0.15) is 0 Å². The van der Waals surface area contributed by atoms with Crippen LogP contribution in [0.3, 0.4) is 0 Å². The summed E-state index contributed by atoms with van der Waals surface area (Å²) in [6.07, 6.45) is 6.75. The lowest BCUT2D eigenvalue weighted by atomic mass is 9.33. The van der Waals surface area contributed by atoms with Gasteiger partial charge < -0.3 is 23.7 Å². The third-order valence-electron chi connectivity index (χ3n) is 14.8. The SMILES string of the molecule is COC(=O)[C@]12CC[C@@H](C)[C@H](C)[C@H]1C1=CC[C@@H]3[C@@]4(C)C[C@@H](OC(C)=O)[C@H](OC(C)=O)C(COC(C)=O)(COC(C)=O)[C@@H]4CC[C@@]3(C)[C@]1(C)CC2. The van der Waals surface area contributed by atoms with E-state index in [0.717, 1.165) is 38.5 Å². The second kappa shape index (κ2) is 13.0. The van der Waals surface area contributed by atoms with Crippen molar-refractivity contribution in [2.24, 2.45) is 56.7 Å². The molecule has 10 heteroatoms. The van der Waals surface area contributed by atoms with Gasteiger partial charge in [0.15, 0.2) is 6.10 Å². The Bertz CT molecular complexity index is 1380. The van der Waals surface area contributed by atoms with Gasteiger partial charge in [0.2, 0.25) is 0 Å². The van der Waals surface area contributed by atoms with Crippen LogP contribution >= 0.6 is 0 Å². The summed E-state index contributed by atoms with van der Waals surface area (Å²) in [7, 11) is 1.52. The van der Waals surface area contributed by atoms with Crippen molar-refractivity contribution in [3.63, 3.8) is 0 Å². The van der Waals surface area contributed by atoms with Crippen LogP contribution < -0.4 is 0 Å². The van der Waals surface area contributed by atoms with Crippen LogP contribution in [-0.2, 0) is 47.7 Å². The van der Waals surface area contributed by atoms with Crippen molar-refractivity contribution in [1.82, 2.24) is 0 Å². The van der Waals surface area contributed by atoms with Crippen LogP contribution in [0.15, 0.2) is 11.6 Å². The topological polar surface area (TPSA) is 132 Å². The fourth-order valence-corrected chi connectivity index (χ4v) is 12.3. The molecule has 0 aliphatic heterocycles. The maximum Gasteiger partial charge on any atom is 0.312 e. The van der Waals surface area contributed by atoms with Gasteiger partial charge >= 0.3 is 29.8 Å². The number of fused-ring (bicyclic) bond motifs is 7. The van der Waals surface area contributed by atoms with Crippen LogP contribution in [0.1, 0.15) is 114 Å². The molecule has 0 aromatic rings. The van der Waals surface area contributed by atoms with Crippen molar-refractivity contribution < 1.29 is 47.7 Å². The predicted molar refractivity (Wildman–Crippen MR) is 179 cm³/mol. The molecule has 0 amide bonds. The van der Waals surface area contributed by atoms with Crippen LogP contribution in [0.4, 0.5) is 0 Å². The zero-order valence-corrected chi connectivity index (χ0v) is 31.3. The number of methoxy groups -OCH3 is 1. The lowest BCUT2D eigenvalue weighted by Gasteiger charge is -2.72. The number of carbonyl (C=O) groups is 5. The third-order valence-corrected chi connectivity index (χ3v) is 14.8. The quantitative estimate of drug-likeness (QED) is 0.169. The van der Waals surface area contributed by atoms with E-state index in [1.165, 1.54) is 40.4 Å². The number of hydrogen-bond donors (Lipinski definition) is 0. The van der Waals surface area contributed by atoms with Gasteiger partial charge in [-0.1, -0.05) is 46.3 Å². The van der Waals surface area contributed by atoms with Crippen LogP contribution in [-0.4, -0.2) is 62.4 Å². The second-order valence-corrected chi connectivity index (χ2v) is 17.0. The van der Waals surface area contributed by atoms with Crippen molar-refractivity contribution >= 4 is 29.8 Å². The van der Waals surface area contributed by atoms with Crippen LogP contribution in [0, 0.1) is 56.7 Å². The van der Waals surface area contributed by atoms with Crippen molar-refractivity contribution in [1.29, 1.82) is 0 Å². The van der Waals surface area contributed by atoms with Crippen molar-refractivity contribution in [3.8, 4) is 0 Å². The molecule has 0 aromatic carbocycles. The minimum absolute atomic E-state index is 0.0871. The van der Waals surface area contributed by atoms with E-state index < -0.39 is 52.3 Å². The number of rotatable bonds is 7. The van der Waals surface area contributed by atoms with Crippen molar-refractivity contribution in [2.75, 3.05) is 20.3 Å². The number of esters is 5. The van der Waals surface area contributed by atoms with Gasteiger partial charge in [-0.3, -0.25) is 24.0 Å². The number of ether oxygens (including phenoxy) is 5. The number of carbonyl (C=O) groups excluding carboxylic acids is 5. The summed E-state index contributed by atoms with van der Waals surface area (Å²) >= 11 is 0. The predicted octanol–water partition coefficient (Wildman–Crippen LogP) is 6.38. The van der Waals surface area contributed by atoms with Crippen LogP contribution in [0.5, 0.6) is 0 Å². The highest BCUT2D eigenvalue weighted by molar-refractivity contribution is 5.78. The molecule has 0 spiro atoms. The molecule has 0 saturated heterocycles. The molecule has 0 radical (unpaired) electrons. The Kier molecular flexibility index (Phi) is 9.91. The molecular formula is C39H58O10. The van der Waals surface area contributed by atoms with Gasteiger partial charge in [0.25, 0.3) is 0 Å². The zero-order valence-electron chi connectivity index (χ0n) is 31.3. The van der Waals surface area contributed by atoms with Gasteiger partial charge in [-0.05, 0) is 97.2 Å². The van der Waals surface area contributed by atoms with Crippen molar-refractivity contribution in [2.45, 2.75) is 126 Å². The van der Waals surface area contributed by atoms with Gasteiger partial charge in [-0.15, -0.1) is 0 Å². The maximum absolute atomic E-state index is 13.7. The highest BCUT2D eigenvalue weighted by Gasteiger charge is 2.73. The highest BCUT2D eigenvalue weighted by Crippen LogP contribution is 2.76. The van der Waals surface area contributed by atoms with E-state index in [9.17, 15) is 24.0 Å². The average molecular weight is 687 g/mol. The fraction of sp³-hybridized carbons (Fsp3) is 0.821. The lowest BCUT2D eigenvalue weighted by molar-refractivity contribution is -0.268. The van der Waals surface area contributed by atoms with Crippen LogP contribution in [0.2, 0.25) is 0 Å². The Morgan fingerprint density at radius 1 is 0.776 bits per heavy atom. The van der Waals surface area contributed by atoms with Gasteiger partial charge in [0, 0.05) is 27.7 Å². The molecule has 0 bridgehead atoms. The van der Waals surface area contributed by atoms with Gasteiger partial charge in [0.05, 0.1) is 17.9 Å². The largest absolute Gasteiger partial charge is 0.469 e. The minimum atomic E-state index is -1.16. The van der Waals surface area contributed by atoms with E-state index in [2.05, 4.69) is 40.7 Å². The molecule has 11 atom stereocenters. The maximum atomic E-state index is 13.7. The molecule has 5 aliphatic carbocycles. The smallest absolute Gasteiger partial charge is 0.312 e. The lowest BCUT2D eigenvalue weighted by Crippen LogP contribution is -2.70. The van der Waals surface area contributed by atoms with Gasteiger partial charge in [0.1, 0.15) is 19.3 Å². The van der Waals surface area contributed by atoms with E-state index in [1.807, 2.05) is 0 Å². The van der Waals surface area contributed by atoms with Crippen molar-refractivity contribution in [3.05, 3.63) is 11.6 Å².